The normalized spacial score (nSPS) is 16.0. The van der Waals surface area contributed by atoms with Crippen LogP contribution in [0.4, 0.5) is 0 Å². The van der Waals surface area contributed by atoms with Crippen molar-refractivity contribution in [3.8, 4) is 56.4 Å². The molecule has 11 aromatic rings. The van der Waals surface area contributed by atoms with Gasteiger partial charge in [-0.2, -0.15) is 0 Å². The van der Waals surface area contributed by atoms with Crippen molar-refractivity contribution >= 4 is 59.0 Å². The standard InChI is InChI=1S/C59H37N3OS/c1-3-4-21-47-35(2)40-17-8-11-22-48(40)59(47)49-23-12-9-18-41(49)44-32-37(26-29-50(44)59)38-27-30-51-46(33-38)55-43(20-14-24-52(55)63-51)58-61-56(36-15-6-5-7-16-36)60-57(62-58)39-28-31-54-45(34-39)42-19-10-13-25-53(42)64-54/h3-34H,2H2,1H3/b4-3-,47-21+. The average Bonchev–Trinajstić information content (AvgIpc) is 4.07. The molecule has 2 aliphatic rings. The smallest absolute Gasteiger partial charge is 0.164 e. The van der Waals surface area contributed by atoms with Gasteiger partial charge in [-0.05, 0) is 111 Å². The Kier molecular flexibility index (Phi) is 8.02. The largest absolute Gasteiger partial charge is 0.456 e. The van der Waals surface area contributed by atoms with Crippen LogP contribution in [-0.4, -0.2) is 15.0 Å². The van der Waals surface area contributed by atoms with E-state index in [2.05, 4.69) is 177 Å². The number of aromatic nitrogens is 3. The number of hydrogen-bond acceptors (Lipinski definition) is 5. The van der Waals surface area contributed by atoms with Crippen molar-refractivity contribution in [1.29, 1.82) is 0 Å². The molecule has 64 heavy (non-hydrogen) atoms. The molecule has 8 aromatic carbocycles. The Balaban J connectivity index is 0.983. The highest BCUT2D eigenvalue weighted by molar-refractivity contribution is 7.25. The van der Waals surface area contributed by atoms with Crippen molar-refractivity contribution in [3.05, 3.63) is 229 Å². The first-order chi connectivity index (χ1) is 31.6. The molecule has 13 rings (SSSR count). The minimum Gasteiger partial charge on any atom is -0.456 e. The number of fused-ring (bicyclic) bond motifs is 13. The van der Waals surface area contributed by atoms with Crippen LogP contribution in [-0.2, 0) is 5.41 Å². The third kappa shape index (κ3) is 5.25. The van der Waals surface area contributed by atoms with Crippen LogP contribution in [0.3, 0.4) is 0 Å². The number of furan rings is 1. The highest BCUT2D eigenvalue weighted by Gasteiger charge is 2.52. The summed E-state index contributed by atoms with van der Waals surface area (Å²) in [4.78, 5) is 15.5. The van der Waals surface area contributed by atoms with E-state index >= 15 is 0 Å². The van der Waals surface area contributed by atoms with Crippen LogP contribution in [0.2, 0.25) is 0 Å². The second-order valence-corrected chi connectivity index (χ2v) is 17.7. The average molecular weight is 836 g/mol. The highest BCUT2D eigenvalue weighted by Crippen LogP contribution is 2.63. The van der Waals surface area contributed by atoms with Crippen molar-refractivity contribution in [3.63, 3.8) is 0 Å². The van der Waals surface area contributed by atoms with Crippen LogP contribution < -0.4 is 0 Å². The first kappa shape index (κ1) is 36.6. The van der Waals surface area contributed by atoms with Crippen molar-refractivity contribution in [2.24, 2.45) is 0 Å². The molecule has 1 spiro atoms. The van der Waals surface area contributed by atoms with Crippen LogP contribution in [0, 0.1) is 0 Å². The van der Waals surface area contributed by atoms with E-state index in [0.717, 1.165) is 55.3 Å². The molecular formula is C59H37N3OS. The zero-order chi connectivity index (χ0) is 42.5. The lowest BCUT2D eigenvalue weighted by Gasteiger charge is -2.30. The van der Waals surface area contributed by atoms with Gasteiger partial charge in [0.1, 0.15) is 11.2 Å². The number of rotatable bonds is 5. The molecule has 3 heterocycles. The van der Waals surface area contributed by atoms with E-state index < -0.39 is 5.41 Å². The van der Waals surface area contributed by atoms with Crippen LogP contribution >= 0.6 is 11.3 Å². The minimum absolute atomic E-state index is 0.456. The number of thiophene rings is 1. The van der Waals surface area contributed by atoms with Crippen molar-refractivity contribution in [1.82, 2.24) is 15.0 Å². The molecule has 0 N–H and O–H groups in total. The van der Waals surface area contributed by atoms with Crippen molar-refractivity contribution < 1.29 is 4.42 Å². The summed E-state index contributed by atoms with van der Waals surface area (Å²) in [7, 11) is 0. The maximum Gasteiger partial charge on any atom is 0.164 e. The number of benzene rings is 8. The molecule has 1 unspecified atom stereocenters. The van der Waals surface area contributed by atoms with Crippen LogP contribution in [0.15, 0.2) is 211 Å². The maximum absolute atomic E-state index is 6.60. The summed E-state index contributed by atoms with van der Waals surface area (Å²) in [5.41, 5.74) is 16.0. The Morgan fingerprint density at radius 2 is 1.12 bits per heavy atom. The van der Waals surface area contributed by atoms with Gasteiger partial charge < -0.3 is 4.42 Å². The molecule has 2 aliphatic carbocycles. The molecule has 0 aliphatic heterocycles. The summed E-state index contributed by atoms with van der Waals surface area (Å²) < 4.78 is 9.10. The lowest BCUT2D eigenvalue weighted by Crippen LogP contribution is -2.25. The SMILES string of the molecule is C=C1/C(=C\C=C/C)C2(c3ccccc31)c1ccccc1-c1cc(-c3ccc4oc5cccc(-c6nc(-c7ccccc7)nc(-c7ccc8sc9ccccc9c8c7)n6)c5c4c3)ccc12. The Labute approximate surface area is 373 Å². The highest BCUT2D eigenvalue weighted by atomic mass is 32.1. The molecule has 5 heteroatoms. The lowest BCUT2D eigenvalue weighted by atomic mass is 9.70. The van der Waals surface area contributed by atoms with E-state index in [0.29, 0.717) is 17.5 Å². The van der Waals surface area contributed by atoms with E-state index in [4.69, 9.17) is 19.4 Å². The number of hydrogen-bond donors (Lipinski definition) is 0. The summed E-state index contributed by atoms with van der Waals surface area (Å²) >= 11 is 1.80. The monoisotopic (exact) mass is 835 g/mol. The zero-order valence-electron chi connectivity index (χ0n) is 34.8. The van der Waals surface area contributed by atoms with Gasteiger partial charge in [-0.3, -0.25) is 0 Å². The Bertz CT molecular complexity index is 3830. The third-order valence-corrected chi connectivity index (χ3v) is 14.4. The molecule has 3 aromatic heterocycles. The van der Waals surface area contributed by atoms with Gasteiger partial charge in [0.2, 0.25) is 0 Å². The molecular weight excluding hydrogens is 799 g/mol. The van der Waals surface area contributed by atoms with E-state index in [1.54, 1.807) is 11.3 Å². The number of nitrogens with zero attached hydrogens (tertiary/aromatic N) is 3. The van der Waals surface area contributed by atoms with E-state index in [1.165, 1.54) is 59.1 Å². The Hall–Kier alpha value is -7.99. The van der Waals surface area contributed by atoms with Crippen LogP contribution in [0.1, 0.15) is 29.2 Å². The zero-order valence-corrected chi connectivity index (χ0v) is 35.7. The second kappa shape index (κ2) is 14.0. The quantitative estimate of drug-likeness (QED) is 0.173. The first-order valence-corrected chi connectivity index (χ1v) is 22.5. The van der Waals surface area contributed by atoms with Crippen molar-refractivity contribution in [2.75, 3.05) is 0 Å². The van der Waals surface area contributed by atoms with Gasteiger partial charge in [0, 0.05) is 47.6 Å². The molecule has 0 bridgehead atoms. The number of allylic oxidation sites excluding steroid dienone is 5. The van der Waals surface area contributed by atoms with Crippen LogP contribution in [0.25, 0.3) is 104 Å². The maximum atomic E-state index is 6.60. The van der Waals surface area contributed by atoms with E-state index in [9.17, 15) is 0 Å². The van der Waals surface area contributed by atoms with Gasteiger partial charge in [0.25, 0.3) is 0 Å². The Morgan fingerprint density at radius 1 is 0.484 bits per heavy atom. The Morgan fingerprint density at radius 3 is 1.98 bits per heavy atom. The van der Waals surface area contributed by atoms with E-state index in [1.807, 2.05) is 30.3 Å². The molecule has 4 nitrogen and oxygen atoms in total. The molecule has 0 amide bonds. The topological polar surface area (TPSA) is 51.8 Å². The predicted molar refractivity (Wildman–Crippen MR) is 265 cm³/mol. The van der Waals surface area contributed by atoms with Gasteiger partial charge in [-0.25, -0.2) is 15.0 Å². The predicted octanol–water partition coefficient (Wildman–Crippen LogP) is 15.7. The molecule has 1 atom stereocenters. The molecule has 0 saturated carbocycles. The van der Waals surface area contributed by atoms with Gasteiger partial charge in [-0.15, -0.1) is 11.3 Å². The van der Waals surface area contributed by atoms with Crippen LogP contribution in [0.5, 0.6) is 0 Å². The summed E-state index contributed by atoms with van der Waals surface area (Å²) in [6.45, 7) is 6.74. The fraction of sp³-hybridized carbons (Fsp3) is 0.0339. The summed E-state index contributed by atoms with van der Waals surface area (Å²) in [5, 5.41) is 4.42. The first-order valence-electron chi connectivity index (χ1n) is 21.6. The van der Waals surface area contributed by atoms with Gasteiger partial charge in [-0.1, -0.05) is 152 Å². The minimum atomic E-state index is -0.456. The molecule has 0 radical (unpaired) electrons. The summed E-state index contributed by atoms with van der Waals surface area (Å²) in [5.74, 6) is 1.84. The summed E-state index contributed by atoms with van der Waals surface area (Å²) in [6.07, 6.45) is 6.50. The van der Waals surface area contributed by atoms with Gasteiger partial charge >= 0.3 is 0 Å². The van der Waals surface area contributed by atoms with E-state index in [-0.39, 0.29) is 0 Å². The summed E-state index contributed by atoms with van der Waals surface area (Å²) in [6, 6.07) is 62.7. The molecule has 0 saturated heterocycles. The van der Waals surface area contributed by atoms with Crippen molar-refractivity contribution in [2.45, 2.75) is 12.3 Å². The molecule has 300 valence electrons. The van der Waals surface area contributed by atoms with Gasteiger partial charge in [0.15, 0.2) is 17.5 Å². The lowest BCUT2D eigenvalue weighted by molar-refractivity contribution is 0.669. The second-order valence-electron chi connectivity index (χ2n) is 16.7. The molecule has 0 fully saturated rings. The third-order valence-electron chi connectivity index (χ3n) is 13.3. The fourth-order valence-electron chi connectivity index (χ4n) is 10.5. The van der Waals surface area contributed by atoms with Gasteiger partial charge in [0.05, 0.1) is 5.41 Å². The fourth-order valence-corrected chi connectivity index (χ4v) is 11.5.